The second-order valence-corrected chi connectivity index (χ2v) is 4.76. The molecule has 0 radical (unpaired) electrons. The molecule has 5 heteroatoms. The van der Waals surface area contributed by atoms with Crippen LogP contribution in [0.25, 0.3) is 0 Å². The van der Waals surface area contributed by atoms with Gasteiger partial charge in [0.1, 0.15) is 0 Å². The number of hydrogen-bond acceptors (Lipinski definition) is 3. The number of rotatable bonds is 6. The maximum absolute atomic E-state index is 11.7. The zero-order valence-electron chi connectivity index (χ0n) is 11.1. The summed E-state index contributed by atoms with van der Waals surface area (Å²) in [5.41, 5.74) is -1.23. The second-order valence-electron chi connectivity index (χ2n) is 4.76. The van der Waals surface area contributed by atoms with Gasteiger partial charge in [0.15, 0.2) is 0 Å². The van der Waals surface area contributed by atoms with Gasteiger partial charge in [-0.2, -0.15) is 0 Å². The fraction of sp³-hybridized carbons (Fsp3) is 0.429. The van der Waals surface area contributed by atoms with Gasteiger partial charge in [0, 0.05) is 12.3 Å². The number of amides is 1. The third-order valence-corrected chi connectivity index (χ3v) is 2.98. The minimum atomic E-state index is -2.21. The van der Waals surface area contributed by atoms with Crippen molar-refractivity contribution in [3.8, 4) is 0 Å². The van der Waals surface area contributed by atoms with Crippen LogP contribution in [0.15, 0.2) is 30.3 Å². The van der Waals surface area contributed by atoms with Gasteiger partial charge in [-0.05, 0) is 12.0 Å². The first kappa shape index (κ1) is 15.2. The molecule has 0 fully saturated rings. The first-order valence-electron chi connectivity index (χ1n) is 6.17. The lowest BCUT2D eigenvalue weighted by Gasteiger charge is -2.28. The number of nitrogens with one attached hydrogen (secondary N) is 1. The van der Waals surface area contributed by atoms with Crippen LogP contribution in [-0.4, -0.2) is 27.8 Å². The number of aliphatic carboxylic acids is 1. The van der Waals surface area contributed by atoms with Gasteiger partial charge in [-0.25, -0.2) is 4.79 Å². The van der Waals surface area contributed by atoms with Gasteiger partial charge in [0.2, 0.25) is 11.6 Å². The Bertz CT molecular complexity index is 444. The van der Waals surface area contributed by atoms with Crippen LogP contribution in [0.2, 0.25) is 0 Å². The van der Waals surface area contributed by atoms with E-state index in [4.69, 9.17) is 5.11 Å². The highest BCUT2D eigenvalue weighted by Gasteiger charge is 2.40. The quantitative estimate of drug-likeness (QED) is 0.674. The molecule has 0 aromatic heterocycles. The van der Waals surface area contributed by atoms with Crippen molar-refractivity contribution in [2.45, 2.75) is 32.4 Å². The van der Waals surface area contributed by atoms with Crippen LogP contribution in [0.5, 0.6) is 0 Å². The average molecular weight is 265 g/mol. The number of hydrogen-bond donors (Lipinski definition) is 3. The molecule has 3 N–H and O–H groups in total. The van der Waals surface area contributed by atoms with Crippen LogP contribution >= 0.6 is 0 Å². The minimum absolute atomic E-state index is 0.131. The number of carbonyl (C=O) groups excluding carboxylic acids is 1. The van der Waals surface area contributed by atoms with E-state index in [2.05, 4.69) is 5.32 Å². The number of aryl methyl sites for hydroxylation is 1. The van der Waals surface area contributed by atoms with Crippen LogP contribution in [0.4, 0.5) is 0 Å². The molecule has 104 valence electrons. The highest BCUT2D eigenvalue weighted by molar-refractivity contribution is 5.85. The number of carbonyl (C=O) groups is 2. The van der Waals surface area contributed by atoms with E-state index < -0.39 is 23.5 Å². The smallest absolute Gasteiger partial charge is 0.357 e. The largest absolute Gasteiger partial charge is 0.478 e. The van der Waals surface area contributed by atoms with Crippen molar-refractivity contribution in [2.24, 2.45) is 5.92 Å². The lowest BCUT2D eigenvalue weighted by Crippen LogP contribution is -2.58. The van der Waals surface area contributed by atoms with E-state index in [0.717, 1.165) is 5.56 Å². The van der Waals surface area contributed by atoms with Crippen LogP contribution in [0.3, 0.4) is 0 Å². The van der Waals surface area contributed by atoms with Crippen molar-refractivity contribution in [1.29, 1.82) is 0 Å². The molecule has 0 saturated carbocycles. The van der Waals surface area contributed by atoms with Crippen molar-refractivity contribution in [2.75, 3.05) is 0 Å². The number of carboxylic acids is 1. The fourth-order valence-electron chi connectivity index (χ4n) is 1.62. The van der Waals surface area contributed by atoms with Crippen molar-refractivity contribution in [1.82, 2.24) is 5.32 Å². The summed E-state index contributed by atoms with van der Waals surface area (Å²) in [7, 11) is 0. The van der Waals surface area contributed by atoms with Crippen LogP contribution in [-0.2, 0) is 16.0 Å². The van der Waals surface area contributed by atoms with E-state index in [1.54, 1.807) is 0 Å². The lowest BCUT2D eigenvalue weighted by atomic mass is 9.99. The molecule has 5 nitrogen and oxygen atoms in total. The lowest BCUT2D eigenvalue weighted by molar-refractivity contribution is -0.171. The molecule has 1 aromatic carbocycles. The van der Waals surface area contributed by atoms with Crippen molar-refractivity contribution >= 4 is 11.9 Å². The molecule has 0 aliphatic heterocycles. The molecular weight excluding hydrogens is 246 g/mol. The summed E-state index contributed by atoms with van der Waals surface area (Å²) >= 11 is 0. The molecule has 1 rings (SSSR count). The fourth-order valence-corrected chi connectivity index (χ4v) is 1.62. The van der Waals surface area contributed by atoms with Crippen molar-refractivity contribution in [3.05, 3.63) is 35.9 Å². The first-order valence-corrected chi connectivity index (χ1v) is 6.17. The molecule has 0 saturated heterocycles. The monoisotopic (exact) mass is 265 g/mol. The maximum atomic E-state index is 11.7. The zero-order valence-corrected chi connectivity index (χ0v) is 11.1. The Hall–Kier alpha value is -1.88. The van der Waals surface area contributed by atoms with Gasteiger partial charge in [-0.3, -0.25) is 4.79 Å². The summed E-state index contributed by atoms with van der Waals surface area (Å²) in [4.78, 5) is 22.7. The van der Waals surface area contributed by atoms with Crippen molar-refractivity contribution < 1.29 is 19.8 Å². The van der Waals surface area contributed by atoms with E-state index in [1.807, 2.05) is 30.3 Å². The second kappa shape index (κ2) is 6.33. The summed E-state index contributed by atoms with van der Waals surface area (Å²) < 4.78 is 0. The van der Waals surface area contributed by atoms with Gasteiger partial charge in [0.05, 0.1) is 0 Å². The van der Waals surface area contributed by atoms with E-state index >= 15 is 0 Å². The molecule has 1 amide bonds. The van der Waals surface area contributed by atoms with Gasteiger partial charge >= 0.3 is 5.97 Å². The third-order valence-electron chi connectivity index (χ3n) is 2.98. The topological polar surface area (TPSA) is 86.6 Å². The van der Waals surface area contributed by atoms with Crippen molar-refractivity contribution in [3.63, 3.8) is 0 Å². The third kappa shape index (κ3) is 4.06. The Labute approximate surface area is 112 Å². The number of carboxylic acid groups (broad SMARTS) is 1. The Morgan fingerprint density at radius 3 is 2.32 bits per heavy atom. The standard InChI is InChI=1S/C14H19NO4/c1-10(2)14(19,13(17)18)15-12(16)9-8-11-6-4-3-5-7-11/h3-7,10,19H,8-9H2,1-2H3,(H,15,16)(H,17,18). The van der Waals surface area contributed by atoms with E-state index in [1.165, 1.54) is 13.8 Å². The summed E-state index contributed by atoms with van der Waals surface area (Å²) in [5, 5.41) is 21.1. The number of aliphatic hydroxyl groups is 1. The van der Waals surface area contributed by atoms with Gasteiger partial charge in [0.25, 0.3) is 0 Å². The highest BCUT2D eigenvalue weighted by atomic mass is 16.4. The minimum Gasteiger partial charge on any atom is -0.478 e. The molecule has 19 heavy (non-hydrogen) atoms. The predicted molar refractivity (Wildman–Crippen MR) is 70.3 cm³/mol. The van der Waals surface area contributed by atoms with E-state index in [9.17, 15) is 14.7 Å². The normalized spacial score (nSPS) is 13.9. The van der Waals surface area contributed by atoms with Crippen LogP contribution in [0, 0.1) is 5.92 Å². The molecular formula is C14H19NO4. The number of benzene rings is 1. The summed E-state index contributed by atoms with van der Waals surface area (Å²) in [5.74, 6) is -2.55. The van der Waals surface area contributed by atoms with Gasteiger partial charge < -0.3 is 15.5 Å². The molecule has 0 aliphatic rings. The molecule has 0 bridgehead atoms. The van der Waals surface area contributed by atoms with Crippen LogP contribution < -0.4 is 5.32 Å². The zero-order chi connectivity index (χ0) is 14.5. The van der Waals surface area contributed by atoms with E-state index in [-0.39, 0.29) is 6.42 Å². The Morgan fingerprint density at radius 2 is 1.84 bits per heavy atom. The Morgan fingerprint density at radius 1 is 1.26 bits per heavy atom. The first-order chi connectivity index (χ1) is 8.86. The average Bonchev–Trinajstić information content (AvgIpc) is 2.37. The summed E-state index contributed by atoms with van der Waals surface area (Å²) in [6, 6.07) is 9.40. The highest BCUT2D eigenvalue weighted by Crippen LogP contribution is 2.14. The summed E-state index contributed by atoms with van der Waals surface area (Å²) in [6.45, 7) is 3.07. The van der Waals surface area contributed by atoms with Crippen LogP contribution in [0.1, 0.15) is 25.8 Å². The molecule has 0 aliphatic carbocycles. The Kier molecular flexibility index (Phi) is 5.06. The molecule has 1 unspecified atom stereocenters. The maximum Gasteiger partial charge on any atom is 0.357 e. The Balaban J connectivity index is 2.57. The molecule has 0 heterocycles. The molecule has 1 atom stereocenters. The van der Waals surface area contributed by atoms with E-state index in [0.29, 0.717) is 6.42 Å². The molecule has 0 spiro atoms. The predicted octanol–water partition coefficient (Wildman–Crippen LogP) is 1.16. The SMILES string of the molecule is CC(C)C(O)(NC(=O)CCc1ccccc1)C(=O)O. The molecule has 1 aromatic rings. The van der Waals surface area contributed by atoms with Gasteiger partial charge in [-0.1, -0.05) is 44.2 Å². The summed E-state index contributed by atoms with van der Waals surface area (Å²) in [6.07, 6.45) is 0.632. The van der Waals surface area contributed by atoms with Gasteiger partial charge in [-0.15, -0.1) is 0 Å².